The van der Waals surface area contributed by atoms with Crippen LogP contribution >= 0.6 is 34.8 Å². The Balaban J connectivity index is 1.81. The van der Waals surface area contributed by atoms with Crippen molar-refractivity contribution in [2.45, 2.75) is 17.4 Å². The zero-order valence-electron chi connectivity index (χ0n) is 12.4. The molecule has 2 heterocycles. The maximum Gasteiger partial charge on any atom is 0.246 e. The van der Waals surface area contributed by atoms with E-state index in [1.165, 1.54) is 16.4 Å². The highest BCUT2D eigenvalue weighted by Crippen LogP contribution is 2.36. The molecule has 3 rings (SSSR count). The zero-order valence-corrected chi connectivity index (χ0v) is 15.5. The Kier molecular flexibility index (Phi) is 5.43. The Hall–Kier alpha value is -0.0800. The first kappa shape index (κ1) is 17.7. The molecule has 1 atom stereocenters. The first-order valence-corrected chi connectivity index (χ1v) is 10.1. The molecule has 0 radical (unpaired) electrons. The van der Waals surface area contributed by atoms with Gasteiger partial charge < -0.3 is 5.32 Å². The fourth-order valence-corrected chi connectivity index (χ4v) is 6.16. The van der Waals surface area contributed by atoms with Gasteiger partial charge in [-0.2, -0.15) is 4.31 Å². The molecule has 5 nitrogen and oxygen atoms in total. The topological polar surface area (TPSA) is 52.7 Å². The second-order valence-electron chi connectivity index (χ2n) is 5.79. The summed E-state index contributed by atoms with van der Waals surface area (Å²) < 4.78 is 27.3. The molecule has 0 saturated carbocycles. The summed E-state index contributed by atoms with van der Waals surface area (Å²) in [7, 11) is -3.72. The van der Waals surface area contributed by atoms with E-state index in [0.29, 0.717) is 18.1 Å². The molecule has 0 aliphatic carbocycles. The Bertz CT molecular complexity index is 670. The second kappa shape index (κ2) is 7.04. The second-order valence-corrected chi connectivity index (χ2v) is 8.92. The number of hydrogen-bond donors (Lipinski definition) is 1. The maximum absolute atomic E-state index is 12.9. The molecule has 2 aliphatic heterocycles. The Labute approximate surface area is 151 Å². The smallest absolute Gasteiger partial charge is 0.246 e. The number of rotatable bonds is 3. The predicted octanol–water partition coefficient (Wildman–Crippen LogP) is 2.32. The van der Waals surface area contributed by atoms with Crippen LogP contribution in [0.15, 0.2) is 17.0 Å². The minimum Gasteiger partial charge on any atom is -0.314 e. The summed E-state index contributed by atoms with van der Waals surface area (Å²) in [4.78, 5) is 2.29. The lowest BCUT2D eigenvalue weighted by atomic mass is 10.2. The van der Waals surface area contributed by atoms with Gasteiger partial charge in [-0.15, -0.1) is 0 Å². The molecular weight excluding hydrogens is 381 g/mol. The van der Waals surface area contributed by atoms with Gasteiger partial charge >= 0.3 is 0 Å². The number of piperazine rings is 1. The van der Waals surface area contributed by atoms with Gasteiger partial charge in [-0.3, -0.25) is 4.90 Å². The fourth-order valence-electron chi connectivity index (χ4n) is 3.18. The average Bonchev–Trinajstić information content (AvgIpc) is 2.97. The van der Waals surface area contributed by atoms with Crippen LogP contribution in [0.1, 0.15) is 6.42 Å². The number of nitrogens with one attached hydrogen (secondary N) is 1. The van der Waals surface area contributed by atoms with Crippen LogP contribution < -0.4 is 5.32 Å². The van der Waals surface area contributed by atoms with Gasteiger partial charge in [-0.1, -0.05) is 34.8 Å². The Morgan fingerprint density at radius 2 is 1.65 bits per heavy atom. The lowest BCUT2D eigenvalue weighted by Gasteiger charge is -2.32. The fraction of sp³-hybridized carbons (Fsp3) is 0.571. The van der Waals surface area contributed by atoms with E-state index in [-0.39, 0.29) is 21.0 Å². The van der Waals surface area contributed by atoms with Crippen LogP contribution in [0.5, 0.6) is 0 Å². The van der Waals surface area contributed by atoms with Gasteiger partial charge in [0, 0.05) is 50.3 Å². The standard InChI is InChI=1S/C14H18Cl3N3O2S/c15-10-7-12(16)14(13(17)8-10)23(21,22)20-4-1-11(9-20)19-5-2-18-3-6-19/h7-8,11,18H,1-6,9H2. The molecule has 1 unspecified atom stereocenters. The summed E-state index contributed by atoms with van der Waals surface area (Å²) in [5.41, 5.74) is 0. The van der Waals surface area contributed by atoms with Crippen molar-refractivity contribution in [3.05, 3.63) is 27.2 Å². The lowest BCUT2D eigenvalue weighted by Crippen LogP contribution is -2.49. The van der Waals surface area contributed by atoms with Crippen LogP contribution in [-0.4, -0.2) is 62.9 Å². The monoisotopic (exact) mass is 397 g/mol. The number of hydrogen-bond acceptors (Lipinski definition) is 4. The highest BCUT2D eigenvalue weighted by atomic mass is 35.5. The van der Waals surface area contributed by atoms with Crippen molar-refractivity contribution in [1.29, 1.82) is 0 Å². The summed E-state index contributed by atoms with van der Waals surface area (Å²) in [6.45, 7) is 4.72. The molecule has 0 spiro atoms. The first-order valence-electron chi connectivity index (χ1n) is 7.49. The van der Waals surface area contributed by atoms with E-state index >= 15 is 0 Å². The molecule has 128 valence electrons. The van der Waals surface area contributed by atoms with Crippen molar-refractivity contribution < 1.29 is 8.42 Å². The van der Waals surface area contributed by atoms with Crippen LogP contribution in [0.4, 0.5) is 0 Å². The molecule has 2 saturated heterocycles. The largest absolute Gasteiger partial charge is 0.314 e. The third-order valence-corrected chi connectivity index (χ3v) is 7.36. The van der Waals surface area contributed by atoms with Gasteiger partial charge in [-0.25, -0.2) is 8.42 Å². The summed E-state index contributed by atoms with van der Waals surface area (Å²) in [6.07, 6.45) is 0.821. The highest BCUT2D eigenvalue weighted by Gasteiger charge is 2.37. The van der Waals surface area contributed by atoms with E-state index in [2.05, 4.69) is 10.2 Å². The van der Waals surface area contributed by atoms with Crippen molar-refractivity contribution in [2.24, 2.45) is 0 Å². The molecule has 1 N–H and O–H groups in total. The number of benzene rings is 1. The minimum atomic E-state index is -3.72. The van der Waals surface area contributed by atoms with Crippen LogP contribution in [0.2, 0.25) is 15.1 Å². The van der Waals surface area contributed by atoms with Crippen molar-refractivity contribution in [3.8, 4) is 0 Å². The van der Waals surface area contributed by atoms with Gasteiger partial charge in [0.25, 0.3) is 0 Å². The zero-order chi connectivity index (χ0) is 16.6. The number of halogens is 3. The van der Waals surface area contributed by atoms with Gasteiger partial charge in [0.2, 0.25) is 10.0 Å². The maximum atomic E-state index is 12.9. The van der Waals surface area contributed by atoms with Gasteiger partial charge in [0.1, 0.15) is 4.90 Å². The van der Waals surface area contributed by atoms with E-state index in [1.807, 2.05) is 0 Å². The minimum absolute atomic E-state index is 0.0498. The molecule has 2 aliphatic rings. The molecule has 0 bridgehead atoms. The van der Waals surface area contributed by atoms with E-state index in [4.69, 9.17) is 34.8 Å². The molecule has 0 aromatic heterocycles. The third-order valence-electron chi connectivity index (χ3n) is 4.36. The van der Waals surface area contributed by atoms with Gasteiger partial charge in [0.15, 0.2) is 0 Å². The quantitative estimate of drug-likeness (QED) is 0.849. The van der Waals surface area contributed by atoms with Gasteiger partial charge in [-0.05, 0) is 18.6 Å². The molecule has 0 amide bonds. The molecule has 2 fully saturated rings. The Morgan fingerprint density at radius 1 is 1.04 bits per heavy atom. The van der Waals surface area contributed by atoms with Crippen LogP contribution in [0.3, 0.4) is 0 Å². The summed E-state index contributed by atoms with van der Waals surface area (Å²) >= 11 is 18.0. The van der Waals surface area contributed by atoms with Crippen molar-refractivity contribution in [1.82, 2.24) is 14.5 Å². The van der Waals surface area contributed by atoms with Crippen LogP contribution in [-0.2, 0) is 10.0 Å². The Morgan fingerprint density at radius 3 is 2.26 bits per heavy atom. The van der Waals surface area contributed by atoms with Crippen molar-refractivity contribution >= 4 is 44.8 Å². The lowest BCUT2D eigenvalue weighted by molar-refractivity contribution is 0.179. The van der Waals surface area contributed by atoms with Crippen LogP contribution in [0.25, 0.3) is 0 Å². The van der Waals surface area contributed by atoms with E-state index in [9.17, 15) is 8.42 Å². The SMILES string of the molecule is O=S(=O)(c1c(Cl)cc(Cl)cc1Cl)N1CCC(N2CCNCC2)C1. The summed E-state index contributed by atoms with van der Waals surface area (Å²) in [5, 5.41) is 3.75. The predicted molar refractivity (Wildman–Crippen MR) is 93.1 cm³/mol. The normalized spacial score (nSPS) is 24.2. The molecule has 23 heavy (non-hydrogen) atoms. The van der Waals surface area contributed by atoms with E-state index < -0.39 is 10.0 Å². The van der Waals surface area contributed by atoms with Crippen molar-refractivity contribution in [3.63, 3.8) is 0 Å². The van der Waals surface area contributed by atoms with Gasteiger partial charge in [0.05, 0.1) is 10.0 Å². The molecule has 1 aromatic carbocycles. The number of nitrogens with zero attached hydrogens (tertiary/aromatic N) is 2. The average molecular weight is 399 g/mol. The highest BCUT2D eigenvalue weighted by molar-refractivity contribution is 7.89. The number of sulfonamides is 1. The molecule has 1 aromatic rings. The van der Waals surface area contributed by atoms with E-state index in [1.54, 1.807) is 0 Å². The van der Waals surface area contributed by atoms with Crippen LogP contribution in [0, 0.1) is 0 Å². The molecular formula is C14H18Cl3N3O2S. The molecule has 9 heteroatoms. The van der Waals surface area contributed by atoms with Crippen molar-refractivity contribution in [2.75, 3.05) is 39.3 Å². The first-order chi connectivity index (χ1) is 10.9. The summed E-state index contributed by atoms with van der Waals surface area (Å²) in [6, 6.07) is 3.06. The summed E-state index contributed by atoms with van der Waals surface area (Å²) in [5.74, 6) is 0. The van der Waals surface area contributed by atoms with E-state index in [0.717, 1.165) is 32.6 Å². The third kappa shape index (κ3) is 3.63.